The molecule has 2 aromatic carbocycles. The molecule has 1 fully saturated rings. The fraction of sp³-hybridized carbons (Fsp3) is 0.167. The van der Waals surface area contributed by atoms with Crippen molar-refractivity contribution in [3.8, 4) is 5.75 Å². The molecular weight excluding hydrogens is 424 g/mol. The number of amides is 1. The Balaban J connectivity index is 1.76. The van der Waals surface area contributed by atoms with Gasteiger partial charge in [-0.25, -0.2) is 0 Å². The van der Waals surface area contributed by atoms with Gasteiger partial charge in [0.1, 0.15) is 5.75 Å². The van der Waals surface area contributed by atoms with Gasteiger partial charge in [-0.1, -0.05) is 42.4 Å². The summed E-state index contributed by atoms with van der Waals surface area (Å²) in [6.45, 7) is 2.11. The number of thioether (sulfide) groups is 1. The standard InChI is InChI=1S/C18H16BrClN2O2S/c1-2-10-3-5-13(6-4-10)21-18-22-17(24)15(25-18)8-11-7-12(20)9-14(19)16(11)23/h3-9,18,21,23H,2H2,1H3,(H,22,24). The quantitative estimate of drug-likeness (QED) is 0.589. The van der Waals surface area contributed by atoms with Gasteiger partial charge < -0.3 is 15.7 Å². The summed E-state index contributed by atoms with van der Waals surface area (Å²) in [6.07, 6.45) is 2.62. The van der Waals surface area contributed by atoms with E-state index in [0.29, 0.717) is 20.0 Å². The predicted octanol–water partition coefficient (Wildman–Crippen LogP) is 4.97. The predicted molar refractivity (Wildman–Crippen MR) is 108 cm³/mol. The van der Waals surface area contributed by atoms with Crippen LogP contribution in [0.4, 0.5) is 5.69 Å². The zero-order valence-electron chi connectivity index (χ0n) is 13.3. The first kappa shape index (κ1) is 18.2. The minimum Gasteiger partial charge on any atom is -0.506 e. The number of phenols is 1. The van der Waals surface area contributed by atoms with Crippen LogP contribution in [0.1, 0.15) is 18.1 Å². The second kappa shape index (κ2) is 7.72. The maximum atomic E-state index is 12.2. The summed E-state index contributed by atoms with van der Waals surface area (Å²) in [5, 5.41) is 16.7. The number of aryl methyl sites for hydroxylation is 1. The van der Waals surface area contributed by atoms with Gasteiger partial charge in [0, 0.05) is 16.3 Å². The third-order valence-electron chi connectivity index (χ3n) is 3.74. The molecule has 0 spiro atoms. The van der Waals surface area contributed by atoms with Crippen molar-refractivity contribution < 1.29 is 9.90 Å². The molecule has 1 heterocycles. The van der Waals surface area contributed by atoms with Crippen molar-refractivity contribution >= 4 is 57.0 Å². The Bertz CT molecular complexity index is 840. The summed E-state index contributed by atoms with van der Waals surface area (Å²) >= 11 is 10.6. The largest absolute Gasteiger partial charge is 0.506 e. The summed E-state index contributed by atoms with van der Waals surface area (Å²) in [5.41, 5.74) is 2.42. The van der Waals surface area contributed by atoms with Gasteiger partial charge in [-0.05, 0) is 58.3 Å². The lowest BCUT2D eigenvalue weighted by Gasteiger charge is -2.12. The van der Waals surface area contributed by atoms with Gasteiger partial charge in [0.2, 0.25) is 0 Å². The van der Waals surface area contributed by atoms with E-state index in [1.165, 1.54) is 17.3 Å². The van der Waals surface area contributed by atoms with Crippen LogP contribution in [0.2, 0.25) is 5.02 Å². The Morgan fingerprint density at radius 3 is 2.76 bits per heavy atom. The van der Waals surface area contributed by atoms with Crippen molar-refractivity contribution in [2.45, 2.75) is 18.8 Å². The molecule has 0 bridgehead atoms. The highest BCUT2D eigenvalue weighted by Gasteiger charge is 2.27. The normalized spacial score (nSPS) is 18.4. The fourth-order valence-electron chi connectivity index (χ4n) is 2.39. The highest BCUT2D eigenvalue weighted by atomic mass is 79.9. The maximum absolute atomic E-state index is 12.2. The van der Waals surface area contributed by atoms with E-state index in [0.717, 1.165) is 12.1 Å². The average Bonchev–Trinajstić information content (AvgIpc) is 2.92. The zero-order chi connectivity index (χ0) is 18.0. The molecular formula is C18H16BrClN2O2S. The van der Waals surface area contributed by atoms with Crippen LogP contribution >= 0.6 is 39.3 Å². The number of carbonyl (C=O) groups excluding carboxylic acids is 1. The molecule has 0 aromatic heterocycles. The van der Waals surface area contributed by atoms with E-state index in [2.05, 4.69) is 45.6 Å². The summed E-state index contributed by atoms with van der Waals surface area (Å²) in [7, 11) is 0. The molecule has 0 radical (unpaired) electrons. The van der Waals surface area contributed by atoms with E-state index in [-0.39, 0.29) is 17.2 Å². The molecule has 0 saturated carbocycles. The van der Waals surface area contributed by atoms with E-state index < -0.39 is 0 Å². The number of benzene rings is 2. The SMILES string of the molecule is CCc1ccc(NC2NC(=O)C(=Cc3cc(Cl)cc(Br)c3O)S2)cc1. The number of nitrogens with one attached hydrogen (secondary N) is 2. The van der Waals surface area contributed by atoms with E-state index in [4.69, 9.17) is 11.6 Å². The number of halogens is 2. The van der Waals surface area contributed by atoms with Gasteiger partial charge >= 0.3 is 0 Å². The number of carbonyl (C=O) groups is 1. The lowest BCUT2D eigenvalue weighted by atomic mass is 10.1. The van der Waals surface area contributed by atoms with Crippen LogP contribution in [0.25, 0.3) is 6.08 Å². The first-order valence-corrected chi connectivity index (χ1v) is 9.74. The first-order valence-electron chi connectivity index (χ1n) is 7.69. The van der Waals surface area contributed by atoms with Gasteiger partial charge in [-0.3, -0.25) is 4.79 Å². The second-order valence-electron chi connectivity index (χ2n) is 5.50. The third-order valence-corrected chi connectivity index (χ3v) is 5.59. The number of rotatable bonds is 4. The van der Waals surface area contributed by atoms with Crippen LogP contribution in [0, 0.1) is 0 Å². The minimum absolute atomic E-state index is 0.0527. The number of hydrogen-bond acceptors (Lipinski definition) is 4. The van der Waals surface area contributed by atoms with Crippen LogP contribution in [0.3, 0.4) is 0 Å². The monoisotopic (exact) mass is 438 g/mol. The minimum atomic E-state index is -0.268. The van der Waals surface area contributed by atoms with Gasteiger partial charge in [-0.2, -0.15) is 0 Å². The van der Waals surface area contributed by atoms with E-state index in [1.54, 1.807) is 18.2 Å². The average molecular weight is 440 g/mol. The van der Waals surface area contributed by atoms with Crippen molar-refractivity contribution in [1.82, 2.24) is 5.32 Å². The third kappa shape index (κ3) is 4.32. The Kier molecular flexibility index (Phi) is 5.61. The molecule has 0 aliphatic carbocycles. The van der Waals surface area contributed by atoms with E-state index >= 15 is 0 Å². The van der Waals surface area contributed by atoms with Crippen LogP contribution in [0.5, 0.6) is 5.75 Å². The Hall–Kier alpha value is -1.63. The van der Waals surface area contributed by atoms with Gasteiger partial charge in [-0.15, -0.1) is 0 Å². The lowest BCUT2D eigenvalue weighted by Crippen LogP contribution is -2.30. The molecule has 1 atom stereocenters. The number of aromatic hydroxyl groups is 1. The van der Waals surface area contributed by atoms with Crippen molar-refractivity contribution in [2.75, 3.05) is 5.32 Å². The molecule has 1 amide bonds. The van der Waals surface area contributed by atoms with Crippen LogP contribution in [0.15, 0.2) is 45.8 Å². The molecule has 130 valence electrons. The van der Waals surface area contributed by atoms with Gasteiger partial charge in [0.05, 0.1) is 9.38 Å². The Labute approximate surface area is 163 Å². The zero-order valence-corrected chi connectivity index (χ0v) is 16.5. The molecule has 25 heavy (non-hydrogen) atoms. The van der Waals surface area contributed by atoms with Crippen LogP contribution in [-0.4, -0.2) is 16.5 Å². The van der Waals surface area contributed by atoms with E-state index in [1.807, 2.05) is 12.1 Å². The fourth-order valence-corrected chi connectivity index (χ4v) is 4.20. The summed E-state index contributed by atoms with van der Waals surface area (Å²) in [5.74, 6) is -0.139. The molecule has 3 rings (SSSR count). The molecule has 1 unspecified atom stereocenters. The van der Waals surface area contributed by atoms with Crippen LogP contribution in [-0.2, 0) is 11.2 Å². The summed E-state index contributed by atoms with van der Waals surface area (Å²) in [6, 6.07) is 11.3. The van der Waals surface area contributed by atoms with Crippen molar-refractivity contribution in [3.05, 3.63) is 61.9 Å². The Morgan fingerprint density at radius 2 is 2.08 bits per heavy atom. The van der Waals surface area contributed by atoms with Gasteiger partial charge in [0.25, 0.3) is 5.91 Å². The number of anilines is 1. The molecule has 1 saturated heterocycles. The highest BCUT2D eigenvalue weighted by molar-refractivity contribution is 9.10. The molecule has 4 nitrogen and oxygen atoms in total. The van der Waals surface area contributed by atoms with Crippen molar-refractivity contribution in [1.29, 1.82) is 0 Å². The van der Waals surface area contributed by atoms with Crippen molar-refractivity contribution in [3.63, 3.8) is 0 Å². The maximum Gasteiger partial charge on any atom is 0.260 e. The second-order valence-corrected chi connectivity index (χ2v) is 7.94. The molecule has 2 aromatic rings. The lowest BCUT2D eigenvalue weighted by molar-refractivity contribution is -0.116. The number of phenolic OH excluding ortho intramolecular Hbond substituents is 1. The van der Waals surface area contributed by atoms with Gasteiger partial charge in [0.15, 0.2) is 5.50 Å². The molecule has 1 aliphatic rings. The molecule has 7 heteroatoms. The molecule has 3 N–H and O–H groups in total. The first-order chi connectivity index (χ1) is 12.0. The highest BCUT2D eigenvalue weighted by Crippen LogP contribution is 2.36. The molecule has 1 aliphatic heterocycles. The summed E-state index contributed by atoms with van der Waals surface area (Å²) < 4.78 is 0.487. The van der Waals surface area contributed by atoms with Crippen LogP contribution < -0.4 is 10.6 Å². The Morgan fingerprint density at radius 1 is 1.36 bits per heavy atom. The van der Waals surface area contributed by atoms with Crippen molar-refractivity contribution in [2.24, 2.45) is 0 Å². The topological polar surface area (TPSA) is 61.4 Å². The van der Waals surface area contributed by atoms with E-state index in [9.17, 15) is 9.90 Å². The number of hydrogen-bond donors (Lipinski definition) is 3. The summed E-state index contributed by atoms with van der Waals surface area (Å²) in [4.78, 5) is 12.7. The smallest absolute Gasteiger partial charge is 0.260 e.